The van der Waals surface area contributed by atoms with Gasteiger partial charge in [-0.15, -0.1) is 0 Å². The first-order valence-corrected chi connectivity index (χ1v) is 8.73. The Hall–Kier alpha value is -2.40. The van der Waals surface area contributed by atoms with E-state index in [1.54, 1.807) is 39.3 Å². The molecular formula is C20H24ClNO4. The molecule has 0 aromatic heterocycles. The summed E-state index contributed by atoms with van der Waals surface area (Å²) >= 11 is 5.93. The van der Waals surface area contributed by atoms with Gasteiger partial charge in [-0.05, 0) is 61.7 Å². The minimum atomic E-state index is -0.597. The molecular weight excluding hydrogens is 354 g/mol. The van der Waals surface area contributed by atoms with Crippen LogP contribution in [0, 0.1) is 6.92 Å². The average Bonchev–Trinajstić information content (AvgIpc) is 2.63. The molecule has 140 valence electrons. The van der Waals surface area contributed by atoms with Gasteiger partial charge in [0.15, 0.2) is 17.6 Å². The minimum absolute atomic E-state index is 0.167. The zero-order valence-electron chi connectivity index (χ0n) is 15.5. The van der Waals surface area contributed by atoms with Gasteiger partial charge in [-0.2, -0.15) is 0 Å². The topological polar surface area (TPSA) is 56.8 Å². The van der Waals surface area contributed by atoms with E-state index in [4.69, 9.17) is 25.8 Å². The number of halogens is 1. The molecule has 0 bridgehead atoms. The lowest BCUT2D eigenvalue weighted by atomic mass is 10.1. The van der Waals surface area contributed by atoms with Gasteiger partial charge < -0.3 is 19.5 Å². The monoisotopic (exact) mass is 377 g/mol. The third kappa shape index (κ3) is 5.30. The standard InChI is InChI=1S/C20H24ClNO4/c1-13-11-16(21)6-8-17(13)26-14(2)20(23)22-10-9-15-5-7-18(24-3)19(12-15)25-4/h5-8,11-12,14H,9-10H2,1-4H3,(H,22,23). The third-order valence-electron chi connectivity index (χ3n) is 3.97. The molecule has 0 aliphatic rings. The molecule has 1 unspecified atom stereocenters. The Bertz CT molecular complexity index is 763. The van der Waals surface area contributed by atoms with Gasteiger partial charge in [0.2, 0.25) is 0 Å². The summed E-state index contributed by atoms with van der Waals surface area (Å²) < 4.78 is 16.2. The molecule has 26 heavy (non-hydrogen) atoms. The van der Waals surface area contributed by atoms with E-state index in [1.165, 1.54) is 0 Å². The SMILES string of the molecule is COc1ccc(CCNC(=O)C(C)Oc2ccc(Cl)cc2C)cc1OC. The van der Waals surface area contributed by atoms with Crippen LogP contribution in [-0.2, 0) is 11.2 Å². The molecule has 1 atom stereocenters. The summed E-state index contributed by atoms with van der Waals surface area (Å²) in [5.74, 6) is 1.84. The van der Waals surface area contributed by atoms with Crippen molar-refractivity contribution in [2.45, 2.75) is 26.4 Å². The van der Waals surface area contributed by atoms with Crippen molar-refractivity contribution in [2.24, 2.45) is 0 Å². The van der Waals surface area contributed by atoms with Crippen molar-refractivity contribution in [1.29, 1.82) is 0 Å². The van der Waals surface area contributed by atoms with Crippen molar-refractivity contribution < 1.29 is 19.0 Å². The van der Waals surface area contributed by atoms with Crippen molar-refractivity contribution in [3.05, 3.63) is 52.5 Å². The van der Waals surface area contributed by atoms with Crippen molar-refractivity contribution in [3.63, 3.8) is 0 Å². The van der Waals surface area contributed by atoms with E-state index in [0.717, 1.165) is 11.1 Å². The second-order valence-corrected chi connectivity index (χ2v) is 6.34. The molecule has 0 radical (unpaired) electrons. The van der Waals surface area contributed by atoms with Crippen LogP contribution in [0.4, 0.5) is 0 Å². The second kappa shape index (κ2) is 9.34. The van der Waals surface area contributed by atoms with Crippen LogP contribution in [0.2, 0.25) is 5.02 Å². The Morgan fingerprint density at radius 2 is 1.77 bits per heavy atom. The largest absolute Gasteiger partial charge is 0.493 e. The summed E-state index contributed by atoms with van der Waals surface area (Å²) in [6.45, 7) is 4.12. The molecule has 1 N–H and O–H groups in total. The molecule has 2 aromatic carbocycles. The lowest BCUT2D eigenvalue weighted by Crippen LogP contribution is -2.37. The highest BCUT2D eigenvalue weighted by molar-refractivity contribution is 6.30. The smallest absolute Gasteiger partial charge is 0.260 e. The second-order valence-electron chi connectivity index (χ2n) is 5.90. The van der Waals surface area contributed by atoms with Crippen LogP contribution in [0.15, 0.2) is 36.4 Å². The van der Waals surface area contributed by atoms with Gasteiger partial charge >= 0.3 is 0 Å². The summed E-state index contributed by atoms with van der Waals surface area (Å²) in [6.07, 6.45) is 0.0824. The van der Waals surface area contributed by atoms with E-state index in [-0.39, 0.29) is 5.91 Å². The predicted molar refractivity (Wildman–Crippen MR) is 103 cm³/mol. The van der Waals surface area contributed by atoms with Gasteiger partial charge in [0.05, 0.1) is 14.2 Å². The molecule has 5 nitrogen and oxygen atoms in total. The van der Waals surface area contributed by atoms with Crippen molar-refractivity contribution in [1.82, 2.24) is 5.32 Å². The molecule has 0 spiro atoms. The van der Waals surface area contributed by atoms with Crippen molar-refractivity contribution in [3.8, 4) is 17.2 Å². The highest BCUT2D eigenvalue weighted by atomic mass is 35.5. The maximum atomic E-state index is 12.2. The number of amides is 1. The Labute approximate surface area is 159 Å². The number of hydrogen-bond acceptors (Lipinski definition) is 4. The van der Waals surface area contributed by atoms with Crippen LogP contribution in [0.3, 0.4) is 0 Å². The molecule has 0 aliphatic carbocycles. The molecule has 1 amide bonds. The number of benzene rings is 2. The summed E-state index contributed by atoms with van der Waals surface area (Å²) in [5, 5.41) is 3.53. The number of aryl methyl sites for hydroxylation is 1. The Balaban J connectivity index is 1.86. The summed E-state index contributed by atoms with van der Waals surface area (Å²) in [4.78, 5) is 12.2. The molecule has 0 saturated heterocycles. The quantitative estimate of drug-likeness (QED) is 0.760. The van der Waals surface area contributed by atoms with Crippen LogP contribution in [-0.4, -0.2) is 32.8 Å². The first-order valence-electron chi connectivity index (χ1n) is 8.36. The normalized spacial score (nSPS) is 11.6. The van der Waals surface area contributed by atoms with Gasteiger partial charge in [0, 0.05) is 11.6 Å². The van der Waals surface area contributed by atoms with E-state index in [2.05, 4.69) is 5.32 Å². The van der Waals surface area contributed by atoms with E-state index < -0.39 is 6.10 Å². The van der Waals surface area contributed by atoms with E-state index in [1.807, 2.05) is 25.1 Å². The summed E-state index contributed by atoms with van der Waals surface area (Å²) in [7, 11) is 3.20. The van der Waals surface area contributed by atoms with Crippen LogP contribution >= 0.6 is 11.6 Å². The lowest BCUT2D eigenvalue weighted by Gasteiger charge is -2.16. The lowest BCUT2D eigenvalue weighted by molar-refractivity contribution is -0.127. The number of hydrogen-bond donors (Lipinski definition) is 1. The fourth-order valence-corrected chi connectivity index (χ4v) is 2.73. The molecule has 0 heterocycles. The van der Waals surface area contributed by atoms with Gasteiger partial charge in [-0.3, -0.25) is 4.79 Å². The van der Waals surface area contributed by atoms with E-state index in [0.29, 0.717) is 35.2 Å². The highest BCUT2D eigenvalue weighted by Crippen LogP contribution is 2.27. The van der Waals surface area contributed by atoms with Crippen LogP contribution < -0.4 is 19.5 Å². The van der Waals surface area contributed by atoms with Crippen molar-refractivity contribution >= 4 is 17.5 Å². The minimum Gasteiger partial charge on any atom is -0.493 e. The van der Waals surface area contributed by atoms with Gasteiger partial charge in [0.1, 0.15) is 5.75 Å². The zero-order chi connectivity index (χ0) is 19.1. The molecule has 0 fully saturated rings. The Morgan fingerprint density at radius 1 is 1.08 bits per heavy atom. The third-order valence-corrected chi connectivity index (χ3v) is 4.21. The Kier molecular flexibility index (Phi) is 7.16. The number of methoxy groups -OCH3 is 2. The molecule has 0 saturated carbocycles. The average molecular weight is 378 g/mol. The van der Waals surface area contributed by atoms with Gasteiger partial charge in [-0.25, -0.2) is 0 Å². The zero-order valence-corrected chi connectivity index (χ0v) is 16.2. The van der Waals surface area contributed by atoms with E-state index in [9.17, 15) is 4.79 Å². The summed E-state index contributed by atoms with van der Waals surface area (Å²) in [5.41, 5.74) is 1.94. The fourth-order valence-electron chi connectivity index (χ4n) is 2.50. The van der Waals surface area contributed by atoms with Gasteiger partial charge in [0.25, 0.3) is 5.91 Å². The Morgan fingerprint density at radius 3 is 2.42 bits per heavy atom. The van der Waals surface area contributed by atoms with Crippen molar-refractivity contribution in [2.75, 3.05) is 20.8 Å². The maximum Gasteiger partial charge on any atom is 0.260 e. The molecule has 2 aromatic rings. The fraction of sp³-hybridized carbons (Fsp3) is 0.350. The van der Waals surface area contributed by atoms with E-state index >= 15 is 0 Å². The number of carbonyl (C=O) groups excluding carboxylic acids is 1. The maximum absolute atomic E-state index is 12.2. The molecule has 0 aliphatic heterocycles. The summed E-state index contributed by atoms with van der Waals surface area (Å²) in [6, 6.07) is 11.0. The number of rotatable bonds is 8. The molecule has 6 heteroatoms. The first kappa shape index (κ1) is 19.9. The van der Waals surface area contributed by atoms with Crippen LogP contribution in [0.25, 0.3) is 0 Å². The highest BCUT2D eigenvalue weighted by Gasteiger charge is 2.15. The van der Waals surface area contributed by atoms with Crippen LogP contribution in [0.1, 0.15) is 18.1 Å². The van der Waals surface area contributed by atoms with Gasteiger partial charge in [-0.1, -0.05) is 17.7 Å². The number of ether oxygens (including phenoxy) is 3. The number of nitrogens with one attached hydrogen (secondary N) is 1. The first-order chi connectivity index (χ1) is 12.4. The predicted octanol–water partition coefficient (Wildman–Crippen LogP) is 3.79. The van der Waals surface area contributed by atoms with Crippen LogP contribution in [0.5, 0.6) is 17.2 Å². The molecule has 2 rings (SSSR count). The number of carbonyl (C=O) groups is 1.